The second-order valence-corrected chi connectivity index (χ2v) is 10.2. The van der Waals surface area contributed by atoms with E-state index < -0.39 is 0 Å². The standard InChI is InChI=1S/C29H29N5O2S/c1-36-24-14-8-13-23(19-24)26(27-28(35)34-29(37-27)30-20-31-34)33-17-15-32(16-18-33)25(21-9-4-2-5-10-21)22-11-6-3-7-12-22/h2-14,19-20,25-26,35H,15-18H2,1H3/t26-/m0/s1. The van der Waals surface area contributed by atoms with E-state index in [9.17, 15) is 5.11 Å². The number of hydrogen-bond acceptors (Lipinski definition) is 7. The van der Waals surface area contributed by atoms with E-state index in [-0.39, 0.29) is 18.0 Å². The monoisotopic (exact) mass is 511 g/mol. The van der Waals surface area contributed by atoms with Crippen molar-refractivity contribution in [2.45, 2.75) is 12.1 Å². The predicted octanol–water partition coefficient (Wildman–Crippen LogP) is 5.00. The Kier molecular flexibility index (Phi) is 6.61. The van der Waals surface area contributed by atoms with Gasteiger partial charge in [-0.3, -0.25) is 9.80 Å². The summed E-state index contributed by atoms with van der Waals surface area (Å²) in [5, 5.41) is 15.3. The van der Waals surface area contributed by atoms with Crippen molar-refractivity contribution in [2.24, 2.45) is 0 Å². The number of hydrogen-bond donors (Lipinski definition) is 1. The van der Waals surface area contributed by atoms with Crippen molar-refractivity contribution < 1.29 is 9.84 Å². The third kappa shape index (κ3) is 4.59. The predicted molar refractivity (Wildman–Crippen MR) is 145 cm³/mol. The van der Waals surface area contributed by atoms with E-state index in [1.807, 2.05) is 12.1 Å². The van der Waals surface area contributed by atoms with Crippen LogP contribution in [-0.4, -0.2) is 62.8 Å². The number of aromatic nitrogens is 3. The van der Waals surface area contributed by atoms with Gasteiger partial charge in [-0.05, 0) is 28.8 Å². The van der Waals surface area contributed by atoms with Crippen molar-refractivity contribution in [2.75, 3.05) is 33.3 Å². The number of ether oxygens (including phenoxy) is 1. The molecule has 3 aromatic carbocycles. The molecule has 1 fully saturated rings. The minimum Gasteiger partial charge on any atom is -0.497 e. The molecule has 188 valence electrons. The molecule has 1 N–H and O–H groups in total. The molecule has 37 heavy (non-hydrogen) atoms. The minimum absolute atomic E-state index is 0.127. The van der Waals surface area contributed by atoms with Crippen molar-refractivity contribution in [3.8, 4) is 11.6 Å². The largest absolute Gasteiger partial charge is 0.497 e. The van der Waals surface area contributed by atoms with E-state index in [4.69, 9.17) is 4.74 Å². The summed E-state index contributed by atoms with van der Waals surface area (Å²) in [6, 6.07) is 29.7. The quantitative estimate of drug-likeness (QED) is 0.332. The Hall–Kier alpha value is -3.72. The summed E-state index contributed by atoms with van der Waals surface area (Å²) >= 11 is 1.48. The molecule has 1 aliphatic rings. The van der Waals surface area contributed by atoms with Crippen molar-refractivity contribution in [3.63, 3.8) is 0 Å². The van der Waals surface area contributed by atoms with Crippen LogP contribution in [0.25, 0.3) is 4.96 Å². The highest BCUT2D eigenvalue weighted by atomic mass is 32.1. The van der Waals surface area contributed by atoms with Gasteiger partial charge in [0.2, 0.25) is 10.8 Å². The normalized spacial score (nSPS) is 15.8. The first-order valence-electron chi connectivity index (χ1n) is 12.5. The Morgan fingerprint density at radius 2 is 1.38 bits per heavy atom. The number of benzene rings is 3. The summed E-state index contributed by atoms with van der Waals surface area (Å²) in [6.07, 6.45) is 1.47. The van der Waals surface area contributed by atoms with Crippen LogP contribution < -0.4 is 4.74 Å². The lowest BCUT2D eigenvalue weighted by molar-refractivity contribution is 0.0899. The zero-order valence-corrected chi connectivity index (χ0v) is 21.5. The van der Waals surface area contributed by atoms with E-state index in [1.165, 1.54) is 33.3 Å². The van der Waals surface area contributed by atoms with Crippen LogP contribution in [0.2, 0.25) is 0 Å². The molecule has 0 spiro atoms. The van der Waals surface area contributed by atoms with Crippen LogP contribution in [0.3, 0.4) is 0 Å². The van der Waals surface area contributed by atoms with Gasteiger partial charge in [0.25, 0.3) is 0 Å². The van der Waals surface area contributed by atoms with Gasteiger partial charge in [-0.2, -0.15) is 9.61 Å². The minimum atomic E-state index is -0.127. The number of fused-ring (bicyclic) bond motifs is 1. The molecule has 0 saturated carbocycles. The van der Waals surface area contributed by atoms with Crippen molar-refractivity contribution >= 4 is 16.3 Å². The number of thiazole rings is 1. The topological polar surface area (TPSA) is 66.1 Å². The third-order valence-corrected chi connectivity index (χ3v) is 8.19. The first-order valence-corrected chi connectivity index (χ1v) is 13.3. The Morgan fingerprint density at radius 3 is 1.97 bits per heavy atom. The van der Waals surface area contributed by atoms with Gasteiger partial charge in [-0.1, -0.05) is 84.1 Å². The number of piperazine rings is 1. The summed E-state index contributed by atoms with van der Waals surface area (Å²) in [7, 11) is 1.68. The van der Waals surface area contributed by atoms with Crippen LogP contribution in [0.5, 0.6) is 11.6 Å². The number of aromatic hydroxyl groups is 1. The van der Waals surface area contributed by atoms with Gasteiger partial charge < -0.3 is 9.84 Å². The Morgan fingerprint density at radius 1 is 0.784 bits per heavy atom. The molecule has 5 aromatic rings. The van der Waals surface area contributed by atoms with E-state index in [1.54, 1.807) is 7.11 Å². The highest BCUT2D eigenvalue weighted by Gasteiger charge is 2.34. The average Bonchev–Trinajstić information content (AvgIpc) is 3.54. The van der Waals surface area contributed by atoms with Gasteiger partial charge in [-0.15, -0.1) is 0 Å². The van der Waals surface area contributed by atoms with Crippen molar-refractivity contribution in [1.29, 1.82) is 0 Å². The van der Waals surface area contributed by atoms with Crippen LogP contribution >= 0.6 is 11.3 Å². The highest BCUT2D eigenvalue weighted by molar-refractivity contribution is 7.17. The maximum absolute atomic E-state index is 11.1. The molecule has 0 aliphatic carbocycles. The van der Waals surface area contributed by atoms with E-state index in [0.717, 1.165) is 42.4 Å². The fourth-order valence-corrected chi connectivity index (χ4v) is 6.44. The van der Waals surface area contributed by atoms with Gasteiger partial charge in [0.15, 0.2) is 0 Å². The van der Waals surface area contributed by atoms with Crippen LogP contribution in [0.1, 0.15) is 33.7 Å². The molecule has 1 aliphatic heterocycles. The van der Waals surface area contributed by atoms with E-state index >= 15 is 0 Å². The Labute approximate surface area is 220 Å². The molecule has 8 heteroatoms. The lowest BCUT2D eigenvalue weighted by atomic mass is 9.96. The highest BCUT2D eigenvalue weighted by Crippen LogP contribution is 2.41. The molecule has 3 heterocycles. The SMILES string of the molecule is COc1cccc([C@@H](c2sc3ncnn3c2O)N2CCN(C(c3ccccc3)c3ccccc3)CC2)c1. The first-order chi connectivity index (χ1) is 18.2. The van der Waals surface area contributed by atoms with Crippen LogP contribution in [0.15, 0.2) is 91.3 Å². The maximum atomic E-state index is 11.1. The van der Waals surface area contributed by atoms with Crippen molar-refractivity contribution in [1.82, 2.24) is 24.4 Å². The first kappa shape index (κ1) is 23.7. The second kappa shape index (κ2) is 10.3. The van der Waals surface area contributed by atoms with Gasteiger partial charge in [-0.25, -0.2) is 4.98 Å². The summed E-state index contributed by atoms with van der Waals surface area (Å²) in [5.74, 6) is 0.951. The van der Waals surface area contributed by atoms with Crippen LogP contribution in [0, 0.1) is 0 Å². The van der Waals surface area contributed by atoms with Gasteiger partial charge in [0, 0.05) is 26.2 Å². The Balaban J connectivity index is 1.32. The summed E-state index contributed by atoms with van der Waals surface area (Å²) < 4.78 is 7.05. The maximum Gasteiger partial charge on any atom is 0.230 e. The summed E-state index contributed by atoms with van der Waals surface area (Å²) in [5.41, 5.74) is 3.68. The molecular formula is C29H29N5O2S. The number of nitrogens with zero attached hydrogens (tertiary/aromatic N) is 5. The molecule has 0 amide bonds. The van der Waals surface area contributed by atoms with Gasteiger partial charge >= 0.3 is 0 Å². The number of rotatable bonds is 7. The lowest BCUT2D eigenvalue weighted by Gasteiger charge is -2.42. The second-order valence-electron chi connectivity index (χ2n) is 9.22. The summed E-state index contributed by atoms with van der Waals surface area (Å²) in [4.78, 5) is 10.9. The average molecular weight is 512 g/mol. The molecule has 6 rings (SSSR count). The van der Waals surface area contributed by atoms with Crippen LogP contribution in [0.4, 0.5) is 0 Å². The van der Waals surface area contributed by atoms with Gasteiger partial charge in [0.1, 0.15) is 12.1 Å². The molecule has 0 radical (unpaired) electrons. The zero-order chi connectivity index (χ0) is 25.2. The fraction of sp³-hybridized carbons (Fsp3) is 0.241. The Bertz CT molecular complexity index is 1420. The molecule has 1 atom stereocenters. The lowest BCUT2D eigenvalue weighted by Crippen LogP contribution is -2.49. The molecule has 1 saturated heterocycles. The zero-order valence-electron chi connectivity index (χ0n) is 20.6. The van der Waals surface area contributed by atoms with E-state index in [2.05, 4.69) is 92.7 Å². The third-order valence-electron chi connectivity index (χ3n) is 7.11. The van der Waals surface area contributed by atoms with Gasteiger partial charge in [0.05, 0.1) is 24.1 Å². The summed E-state index contributed by atoms with van der Waals surface area (Å²) in [6.45, 7) is 3.50. The molecule has 0 unspecified atom stereocenters. The fourth-order valence-electron chi connectivity index (χ4n) is 5.35. The smallest absolute Gasteiger partial charge is 0.230 e. The molecular weight excluding hydrogens is 482 g/mol. The van der Waals surface area contributed by atoms with E-state index in [0.29, 0.717) is 4.96 Å². The molecule has 2 aromatic heterocycles. The molecule has 7 nitrogen and oxygen atoms in total. The number of methoxy groups -OCH3 is 1. The van der Waals surface area contributed by atoms with Crippen molar-refractivity contribution in [3.05, 3.63) is 113 Å². The van der Waals surface area contributed by atoms with Crippen LogP contribution in [-0.2, 0) is 0 Å². The molecule has 0 bridgehead atoms.